The first-order chi connectivity index (χ1) is 4.95. The number of ketones is 1. The number of aliphatic carboxylic acids is 1. The highest BCUT2D eigenvalue weighted by Gasteiger charge is 2.24. The molecular formula is C6H8O4S. The van der Waals surface area contributed by atoms with Crippen LogP contribution < -0.4 is 0 Å². The van der Waals surface area contributed by atoms with E-state index in [-0.39, 0.29) is 6.42 Å². The smallest absolute Gasteiger partial charge is 0.314 e. The van der Waals surface area contributed by atoms with Gasteiger partial charge in [-0.05, 0) is 6.92 Å². The van der Waals surface area contributed by atoms with Crippen LogP contribution in [0.15, 0.2) is 0 Å². The second kappa shape index (κ2) is 4.12. The molecule has 62 valence electrons. The minimum absolute atomic E-state index is 0.340. The second-order valence-electron chi connectivity index (χ2n) is 2.10. The summed E-state index contributed by atoms with van der Waals surface area (Å²) >= 11 is 3.37. The van der Waals surface area contributed by atoms with Gasteiger partial charge in [0.15, 0.2) is 5.12 Å². The van der Waals surface area contributed by atoms with Gasteiger partial charge in [-0.15, -0.1) is 12.6 Å². The fourth-order valence-corrected chi connectivity index (χ4v) is 0.762. The van der Waals surface area contributed by atoms with Gasteiger partial charge in [0.2, 0.25) is 0 Å². The van der Waals surface area contributed by atoms with Crippen LogP contribution in [0.2, 0.25) is 0 Å². The predicted molar refractivity (Wildman–Crippen MR) is 40.4 cm³/mol. The Morgan fingerprint density at radius 1 is 1.45 bits per heavy atom. The van der Waals surface area contributed by atoms with Crippen LogP contribution in [-0.4, -0.2) is 22.0 Å². The monoisotopic (exact) mass is 176 g/mol. The van der Waals surface area contributed by atoms with Gasteiger partial charge in [-0.1, -0.05) is 0 Å². The van der Waals surface area contributed by atoms with Gasteiger partial charge in [-0.2, -0.15) is 0 Å². The third-order valence-electron chi connectivity index (χ3n) is 1.17. The molecule has 0 saturated heterocycles. The van der Waals surface area contributed by atoms with Crippen molar-refractivity contribution in [1.29, 1.82) is 0 Å². The molecule has 0 bridgehead atoms. The summed E-state index contributed by atoms with van der Waals surface area (Å²) in [5, 5.41) is 7.80. The summed E-state index contributed by atoms with van der Waals surface area (Å²) in [5.74, 6) is -3.04. The molecule has 0 spiro atoms. The Balaban J connectivity index is 4.23. The van der Waals surface area contributed by atoms with Crippen molar-refractivity contribution in [3.8, 4) is 0 Å². The minimum atomic E-state index is -1.28. The fraction of sp³-hybridized carbons (Fsp3) is 0.500. The van der Waals surface area contributed by atoms with E-state index < -0.39 is 22.8 Å². The normalized spacial score (nSPS) is 12.2. The van der Waals surface area contributed by atoms with Gasteiger partial charge < -0.3 is 5.11 Å². The first kappa shape index (κ1) is 10.2. The maximum Gasteiger partial charge on any atom is 0.314 e. The molecule has 1 unspecified atom stereocenters. The van der Waals surface area contributed by atoms with Crippen LogP contribution in [-0.2, 0) is 14.4 Å². The van der Waals surface area contributed by atoms with Crippen molar-refractivity contribution in [3.63, 3.8) is 0 Å². The standard InChI is InChI=1S/C6H8O4S/c1-3(7)4(6(9)10)2-5(8)11/h4H,2H2,1H3,(H,8,11)(H,9,10). The van der Waals surface area contributed by atoms with Crippen LogP contribution in [0.1, 0.15) is 13.3 Å². The first-order valence-electron chi connectivity index (χ1n) is 2.90. The van der Waals surface area contributed by atoms with Crippen LogP contribution in [0.3, 0.4) is 0 Å². The maximum atomic E-state index is 10.6. The van der Waals surface area contributed by atoms with Crippen molar-refractivity contribution in [3.05, 3.63) is 0 Å². The third kappa shape index (κ3) is 3.77. The van der Waals surface area contributed by atoms with Crippen LogP contribution >= 0.6 is 12.6 Å². The Bertz CT molecular complexity index is 185. The Kier molecular flexibility index (Phi) is 3.81. The number of hydrogen-bond donors (Lipinski definition) is 2. The zero-order valence-electron chi connectivity index (χ0n) is 5.90. The number of carboxylic acids is 1. The van der Waals surface area contributed by atoms with Crippen molar-refractivity contribution in [1.82, 2.24) is 0 Å². The molecule has 0 aromatic heterocycles. The van der Waals surface area contributed by atoms with Crippen molar-refractivity contribution < 1.29 is 19.5 Å². The van der Waals surface area contributed by atoms with E-state index in [4.69, 9.17) is 5.11 Å². The quantitative estimate of drug-likeness (QED) is 0.471. The molecule has 0 saturated carbocycles. The predicted octanol–water partition coefficient (Wildman–Crippen LogP) is 0.123. The van der Waals surface area contributed by atoms with E-state index in [0.717, 1.165) is 6.92 Å². The average Bonchev–Trinajstić information content (AvgIpc) is 1.81. The molecule has 1 N–H and O–H groups in total. The SMILES string of the molecule is CC(=O)C(CC(=O)S)C(=O)O. The van der Waals surface area contributed by atoms with Gasteiger partial charge in [0.25, 0.3) is 0 Å². The van der Waals surface area contributed by atoms with Crippen LogP contribution in [0.25, 0.3) is 0 Å². The second-order valence-corrected chi connectivity index (χ2v) is 2.60. The van der Waals surface area contributed by atoms with Crippen LogP contribution in [0.4, 0.5) is 0 Å². The zero-order valence-corrected chi connectivity index (χ0v) is 6.80. The van der Waals surface area contributed by atoms with Crippen LogP contribution in [0, 0.1) is 5.92 Å². The van der Waals surface area contributed by atoms with Crippen molar-refractivity contribution in [2.75, 3.05) is 0 Å². The lowest BCUT2D eigenvalue weighted by atomic mass is 10.0. The summed E-state index contributed by atoms with van der Waals surface area (Å²) in [4.78, 5) is 31.1. The Morgan fingerprint density at radius 2 is 1.91 bits per heavy atom. The molecule has 11 heavy (non-hydrogen) atoms. The van der Waals surface area contributed by atoms with E-state index >= 15 is 0 Å². The van der Waals surface area contributed by atoms with E-state index in [0.29, 0.717) is 0 Å². The molecule has 0 aliphatic heterocycles. The molecular weight excluding hydrogens is 168 g/mol. The lowest BCUT2D eigenvalue weighted by molar-refractivity contribution is -0.147. The van der Waals surface area contributed by atoms with E-state index in [9.17, 15) is 14.4 Å². The van der Waals surface area contributed by atoms with Crippen LogP contribution in [0.5, 0.6) is 0 Å². The molecule has 0 heterocycles. The lowest BCUT2D eigenvalue weighted by Gasteiger charge is -2.03. The molecule has 5 heteroatoms. The number of carboxylic acid groups (broad SMARTS) is 1. The summed E-state index contributed by atoms with van der Waals surface area (Å²) in [7, 11) is 0. The Hall–Kier alpha value is -0.840. The molecule has 0 aromatic carbocycles. The number of hydrogen-bond acceptors (Lipinski definition) is 3. The molecule has 0 fully saturated rings. The highest BCUT2D eigenvalue weighted by Crippen LogP contribution is 2.06. The third-order valence-corrected chi connectivity index (χ3v) is 1.35. The molecule has 0 radical (unpaired) electrons. The number of thiol groups is 1. The average molecular weight is 176 g/mol. The molecule has 1 atom stereocenters. The fourth-order valence-electron chi connectivity index (χ4n) is 0.580. The van der Waals surface area contributed by atoms with E-state index in [1.54, 1.807) is 0 Å². The summed E-state index contributed by atoms with van der Waals surface area (Å²) < 4.78 is 0. The summed E-state index contributed by atoms with van der Waals surface area (Å²) in [6.45, 7) is 1.13. The Morgan fingerprint density at radius 3 is 2.00 bits per heavy atom. The van der Waals surface area contributed by atoms with E-state index in [2.05, 4.69) is 12.6 Å². The number of Topliss-reactive ketones (excluding diaryl/α,β-unsaturated/α-hetero) is 1. The van der Waals surface area contributed by atoms with Gasteiger partial charge in [-0.3, -0.25) is 14.4 Å². The number of carbonyl (C=O) groups excluding carboxylic acids is 2. The minimum Gasteiger partial charge on any atom is -0.481 e. The molecule has 4 nitrogen and oxygen atoms in total. The van der Waals surface area contributed by atoms with Gasteiger partial charge in [-0.25, -0.2) is 0 Å². The summed E-state index contributed by atoms with van der Waals surface area (Å²) in [6, 6.07) is 0. The molecule has 0 rings (SSSR count). The summed E-state index contributed by atoms with van der Waals surface area (Å²) in [6.07, 6.45) is -0.340. The number of carbonyl (C=O) groups is 3. The zero-order chi connectivity index (χ0) is 9.02. The van der Waals surface area contributed by atoms with E-state index in [1.807, 2.05) is 0 Å². The number of rotatable bonds is 4. The Labute approximate surface area is 69.0 Å². The first-order valence-corrected chi connectivity index (χ1v) is 3.35. The van der Waals surface area contributed by atoms with Gasteiger partial charge in [0.05, 0.1) is 0 Å². The molecule has 0 aliphatic carbocycles. The topological polar surface area (TPSA) is 71.4 Å². The summed E-state index contributed by atoms with van der Waals surface area (Å²) in [5.41, 5.74) is 0. The van der Waals surface area contributed by atoms with Crippen molar-refractivity contribution in [2.45, 2.75) is 13.3 Å². The van der Waals surface area contributed by atoms with Gasteiger partial charge >= 0.3 is 5.97 Å². The highest BCUT2D eigenvalue weighted by atomic mass is 32.1. The molecule has 0 aromatic rings. The van der Waals surface area contributed by atoms with E-state index in [1.165, 1.54) is 0 Å². The maximum absolute atomic E-state index is 10.6. The van der Waals surface area contributed by atoms with Crippen molar-refractivity contribution >= 4 is 29.5 Å². The highest BCUT2D eigenvalue weighted by molar-refractivity contribution is 7.96. The largest absolute Gasteiger partial charge is 0.481 e. The molecule has 0 amide bonds. The molecule has 0 aliphatic rings. The van der Waals surface area contributed by atoms with Gasteiger partial charge in [0.1, 0.15) is 11.7 Å². The van der Waals surface area contributed by atoms with Gasteiger partial charge in [0, 0.05) is 6.42 Å². The lowest BCUT2D eigenvalue weighted by Crippen LogP contribution is -2.23. The van der Waals surface area contributed by atoms with Crippen molar-refractivity contribution in [2.24, 2.45) is 5.92 Å².